The van der Waals surface area contributed by atoms with Crippen molar-refractivity contribution < 1.29 is 19.0 Å². The molecule has 0 aliphatic carbocycles. The van der Waals surface area contributed by atoms with Gasteiger partial charge in [0.25, 0.3) is 5.91 Å². The molecule has 0 N–H and O–H groups in total. The first kappa shape index (κ1) is 16.6. The van der Waals surface area contributed by atoms with Gasteiger partial charge in [0.05, 0.1) is 19.3 Å². The minimum absolute atomic E-state index is 0.0114. The van der Waals surface area contributed by atoms with E-state index in [1.807, 2.05) is 55.1 Å². The Bertz CT molecular complexity index is 720. The van der Waals surface area contributed by atoms with Crippen molar-refractivity contribution in [2.45, 2.75) is 26.1 Å². The van der Waals surface area contributed by atoms with Gasteiger partial charge in [0, 0.05) is 13.1 Å². The molecule has 1 fully saturated rings. The highest BCUT2D eigenvalue weighted by Gasteiger charge is 2.25. The van der Waals surface area contributed by atoms with Gasteiger partial charge in [-0.1, -0.05) is 12.1 Å². The minimum atomic E-state index is -0.0114. The van der Waals surface area contributed by atoms with E-state index in [2.05, 4.69) is 0 Å². The molecule has 0 radical (unpaired) electrons. The molecule has 1 aliphatic rings. The molecule has 3 rings (SSSR count). The summed E-state index contributed by atoms with van der Waals surface area (Å²) in [6, 6.07) is 11.7. The van der Waals surface area contributed by atoms with Gasteiger partial charge in [-0.15, -0.1) is 0 Å². The van der Waals surface area contributed by atoms with E-state index in [0.29, 0.717) is 18.8 Å². The summed E-state index contributed by atoms with van der Waals surface area (Å²) in [5.74, 6) is 1.47. The lowest BCUT2D eigenvalue weighted by Gasteiger charge is -2.35. The van der Waals surface area contributed by atoms with Crippen molar-refractivity contribution in [3.63, 3.8) is 0 Å². The molecule has 2 atom stereocenters. The standard InChI is InChI=1S/C19H23NO4/c1-13-10-20(11-14(2)24-13)19(21)12-23-18-7-5-15-4-6-17(22-3)8-16(15)9-18/h4-9,13-14H,10-12H2,1-3H3/t13-,14-/m1/s1. The first-order valence-electron chi connectivity index (χ1n) is 8.19. The third kappa shape index (κ3) is 3.79. The Morgan fingerprint density at radius 3 is 2.38 bits per heavy atom. The molecule has 1 aliphatic heterocycles. The Labute approximate surface area is 142 Å². The lowest BCUT2D eigenvalue weighted by molar-refractivity contribution is -0.145. The van der Waals surface area contributed by atoms with Crippen LogP contribution in [0.5, 0.6) is 11.5 Å². The number of hydrogen-bond donors (Lipinski definition) is 0. The first-order chi connectivity index (χ1) is 11.5. The van der Waals surface area contributed by atoms with Crippen LogP contribution >= 0.6 is 0 Å². The van der Waals surface area contributed by atoms with Crippen LogP contribution in [0.2, 0.25) is 0 Å². The van der Waals surface area contributed by atoms with Crippen LogP contribution < -0.4 is 9.47 Å². The maximum Gasteiger partial charge on any atom is 0.260 e. The average Bonchev–Trinajstić information content (AvgIpc) is 2.58. The number of nitrogens with zero attached hydrogens (tertiary/aromatic N) is 1. The van der Waals surface area contributed by atoms with E-state index < -0.39 is 0 Å². The van der Waals surface area contributed by atoms with Crippen LogP contribution in [0.3, 0.4) is 0 Å². The van der Waals surface area contributed by atoms with Gasteiger partial charge in [-0.05, 0) is 48.9 Å². The van der Waals surface area contributed by atoms with Crippen LogP contribution in [0, 0.1) is 0 Å². The summed E-state index contributed by atoms with van der Waals surface area (Å²) in [4.78, 5) is 14.2. The van der Waals surface area contributed by atoms with E-state index in [9.17, 15) is 4.79 Å². The Morgan fingerprint density at radius 1 is 1.08 bits per heavy atom. The molecule has 5 heteroatoms. The third-order valence-corrected chi connectivity index (χ3v) is 4.15. The molecule has 5 nitrogen and oxygen atoms in total. The molecule has 24 heavy (non-hydrogen) atoms. The Hall–Kier alpha value is -2.27. The van der Waals surface area contributed by atoms with Crippen molar-refractivity contribution in [3.05, 3.63) is 36.4 Å². The molecule has 0 aromatic heterocycles. The molecule has 128 valence electrons. The van der Waals surface area contributed by atoms with E-state index in [1.54, 1.807) is 7.11 Å². The number of rotatable bonds is 4. The summed E-state index contributed by atoms with van der Waals surface area (Å²) in [6.45, 7) is 5.22. The molecular weight excluding hydrogens is 306 g/mol. The quantitative estimate of drug-likeness (QED) is 0.865. The summed E-state index contributed by atoms with van der Waals surface area (Å²) in [5, 5.41) is 2.12. The van der Waals surface area contributed by atoms with E-state index >= 15 is 0 Å². The van der Waals surface area contributed by atoms with Crippen molar-refractivity contribution >= 4 is 16.7 Å². The summed E-state index contributed by atoms with van der Waals surface area (Å²) in [5.41, 5.74) is 0. The Balaban J connectivity index is 1.65. The number of carbonyl (C=O) groups excluding carboxylic acids is 1. The smallest absolute Gasteiger partial charge is 0.260 e. The van der Waals surface area contributed by atoms with Gasteiger partial charge >= 0.3 is 0 Å². The molecular formula is C19H23NO4. The molecule has 0 spiro atoms. The summed E-state index contributed by atoms with van der Waals surface area (Å²) >= 11 is 0. The van der Waals surface area contributed by atoms with Crippen molar-refractivity contribution in [1.29, 1.82) is 0 Å². The fourth-order valence-corrected chi connectivity index (χ4v) is 3.04. The Morgan fingerprint density at radius 2 is 1.71 bits per heavy atom. The van der Waals surface area contributed by atoms with Crippen LogP contribution in [0.4, 0.5) is 0 Å². The van der Waals surface area contributed by atoms with E-state index in [-0.39, 0.29) is 24.7 Å². The normalized spacial score (nSPS) is 20.9. The maximum atomic E-state index is 12.4. The van der Waals surface area contributed by atoms with Gasteiger partial charge in [-0.3, -0.25) is 4.79 Å². The predicted molar refractivity (Wildman–Crippen MR) is 92.6 cm³/mol. The van der Waals surface area contributed by atoms with Crippen molar-refractivity contribution in [2.24, 2.45) is 0 Å². The number of fused-ring (bicyclic) bond motifs is 1. The molecule has 1 saturated heterocycles. The van der Waals surface area contributed by atoms with Gasteiger partial charge in [-0.2, -0.15) is 0 Å². The van der Waals surface area contributed by atoms with Crippen LogP contribution in [-0.4, -0.2) is 49.8 Å². The minimum Gasteiger partial charge on any atom is -0.497 e. The maximum absolute atomic E-state index is 12.4. The van der Waals surface area contributed by atoms with Crippen LogP contribution in [-0.2, 0) is 9.53 Å². The van der Waals surface area contributed by atoms with E-state index in [1.165, 1.54) is 0 Å². The predicted octanol–water partition coefficient (Wildman–Crippen LogP) is 2.86. The van der Waals surface area contributed by atoms with Crippen molar-refractivity contribution in [3.8, 4) is 11.5 Å². The molecule has 0 bridgehead atoms. The zero-order valence-electron chi connectivity index (χ0n) is 14.3. The molecule has 0 unspecified atom stereocenters. The van der Waals surface area contributed by atoms with E-state index in [4.69, 9.17) is 14.2 Å². The van der Waals surface area contributed by atoms with Crippen molar-refractivity contribution in [1.82, 2.24) is 4.90 Å². The molecule has 1 heterocycles. The molecule has 2 aromatic rings. The summed E-state index contributed by atoms with van der Waals surface area (Å²) < 4.78 is 16.6. The third-order valence-electron chi connectivity index (χ3n) is 4.15. The number of morpholine rings is 1. The lowest BCUT2D eigenvalue weighted by Crippen LogP contribution is -2.49. The second kappa shape index (κ2) is 7.09. The van der Waals surface area contributed by atoms with Crippen LogP contribution in [0.1, 0.15) is 13.8 Å². The average molecular weight is 329 g/mol. The lowest BCUT2D eigenvalue weighted by atomic mass is 10.1. The summed E-state index contributed by atoms with van der Waals surface area (Å²) in [7, 11) is 1.64. The fourth-order valence-electron chi connectivity index (χ4n) is 3.04. The van der Waals surface area contributed by atoms with Gasteiger partial charge in [0.2, 0.25) is 0 Å². The van der Waals surface area contributed by atoms with Gasteiger partial charge in [-0.25, -0.2) is 0 Å². The summed E-state index contributed by atoms with van der Waals surface area (Å²) in [6.07, 6.45) is 0.122. The highest BCUT2D eigenvalue weighted by molar-refractivity contribution is 5.85. The fraction of sp³-hybridized carbons (Fsp3) is 0.421. The second-order valence-electron chi connectivity index (χ2n) is 6.22. The monoisotopic (exact) mass is 329 g/mol. The molecule has 2 aromatic carbocycles. The van der Waals surface area contributed by atoms with Gasteiger partial charge in [0.15, 0.2) is 6.61 Å². The second-order valence-corrected chi connectivity index (χ2v) is 6.22. The van der Waals surface area contributed by atoms with Crippen LogP contribution in [0.25, 0.3) is 10.8 Å². The number of methoxy groups -OCH3 is 1. The number of benzene rings is 2. The van der Waals surface area contributed by atoms with Crippen LogP contribution in [0.15, 0.2) is 36.4 Å². The topological polar surface area (TPSA) is 48.0 Å². The van der Waals surface area contributed by atoms with Gasteiger partial charge < -0.3 is 19.1 Å². The number of ether oxygens (including phenoxy) is 3. The first-order valence-corrected chi connectivity index (χ1v) is 8.19. The number of carbonyl (C=O) groups is 1. The molecule has 1 amide bonds. The van der Waals surface area contributed by atoms with Gasteiger partial charge in [0.1, 0.15) is 11.5 Å². The highest BCUT2D eigenvalue weighted by Crippen LogP contribution is 2.25. The largest absolute Gasteiger partial charge is 0.497 e. The van der Waals surface area contributed by atoms with Crippen molar-refractivity contribution in [2.75, 3.05) is 26.8 Å². The number of hydrogen-bond acceptors (Lipinski definition) is 4. The number of amides is 1. The zero-order chi connectivity index (χ0) is 17.1. The Kier molecular flexibility index (Phi) is 4.90. The molecule has 0 saturated carbocycles. The van der Waals surface area contributed by atoms with E-state index in [0.717, 1.165) is 16.5 Å². The SMILES string of the molecule is COc1ccc2ccc(OCC(=O)N3C[C@@H](C)O[C@H](C)C3)cc2c1. The zero-order valence-corrected chi connectivity index (χ0v) is 14.3. The highest BCUT2D eigenvalue weighted by atomic mass is 16.5.